The summed E-state index contributed by atoms with van der Waals surface area (Å²) in [6.45, 7) is 0.518. The normalized spacial score (nSPS) is 11.2. The van der Waals surface area contributed by atoms with Crippen LogP contribution < -0.4 is 0 Å². The van der Waals surface area contributed by atoms with E-state index in [1.54, 1.807) is 12.1 Å². The van der Waals surface area contributed by atoms with Gasteiger partial charge in [-0.2, -0.15) is 0 Å². The fourth-order valence-electron chi connectivity index (χ4n) is 2.56. The van der Waals surface area contributed by atoms with E-state index in [0.29, 0.717) is 16.6 Å². The van der Waals surface area contributed by atoms with Gasteiger partial charge in [0.05, 0.1) is 20.7 Å². The first-order chi connectivity index (χ1) is 11.6. The molecule has 0 amide bonds. The standard InChI is InChI=1S/C16H10ClN3O3S/c17-16-4-3-15(24-16)14-8-11(18-23-14)9-19-6-5-10-7-12(20(21)22)1-2-13(10)19/h1-8H,9H2. The van der Waals surface area contributed by atoms with Gasteiger partial charge >= 0.3 is 0 Å². The molecule has 3 aromatic heterocycles. The van der Waals surface area contributed by atoms with E-state index in [9.17, 15) is 10.1 Å². The number of hydrogen-bond acceptors (Lipinski definition) is 5. The van der Waals surface area contributed by atoms with Crippen LogP contribution in [0.4, 0.5) is 5.69 Å². The molecule has 24 heavy (non-hydrogen) atoms. The summed E-state index contributed by atoms with van der Waals surface area (Å²) in [7, 11) is 0. The third-order valence-electron chi connectivity index (χ3n) is 3.67. The topological polar surface area (TPSA) is 74.1 Å². The zero-order chi connectivity index (χ0) is 16.7. The molecule has 1 aromatic carbocycles. The number of fused-ring (bicyclic) bond motifs is 1. The molecule has 0 radical (unpaired) electrons. The fourth-order valence-corrected chi connectivity index (χ4v) is 3.55. The number of rotatable bonds is 4. The van der Waals surface area contributed by atoms with Crippen molar-refractivity contribution >= 4 is 39.5 Å². The van der Waals surface area contributed by atoms with Crippen LogP contribution >= 0.6 is 22.9 Å². The lowest BCUT2D eigenvalue weighted by Gasteiger charge is -2.01. The van der Waals surface area contributed by atoms with Crippen molar-refractivity contribution in [2.75, 3.05) is 0 Å². The lowest BCUT2D eigenvalue weighted by molar-refractivity contribution is -0.384. The van der Waals surface area contributed by atoms with Crippen molar-refractivity contribution in [2.45, 2.75) is 6.54 Å². The Morgan fingerprint density at radius 2 is 2.12 bits per heavy atom. The van der Waals surface area contributed by atoms with Gasteiger partial charge in [-0.1, -0.05) is 16.8 Å². The van der Waals surface area contributed by atoms with Gasteiger partial charge in [0.15, 0.2) is 5.76 Å². The van der Waals surface area contributed by atoms with Gasteiger partial charge in [-0.15, -0.1) is 11.3 Å². The monoisotopic (exact) mass is 359 g/mol. The van der Waals surface area contributed by atoms with E-state index in [0.717, 1.165) is 21.5 Å². The van der Waals surface area contributed by atoms with Crippen LogP contribution in [0.1, 0.15) is 5.69 Å². The number of nitro groups is 1. The first-order valence-corrected chi connectivity index (χ1v) is 8.24. The molecular weight excluding hydrogens is 350 g/mol. The molecule has 0 atom stereocenters. The van der Waals surface area contributed by atoms with Crippen molar-refractivity contribution in [1.82, 2.24) is 9.72 Å². The largest absolute Gasteiger partial charge is 0.355 e. The lowest BCUT2D eigenvalue weighted by Crippen LogP contribution is -1.97. The Morgan fingerprint density at radius 3 is 2.88 bits per heavy atom. The van der Waals surface area contributed by atoms with Crippen LogP contribution in [0.3, 0.4) is 0 Å². The number of nitro benzene ring substituents is 1. The molecular formula is C16H10ClN3O3S. The summed E-state index contributed by atoms with van der Waals surface area (Å²) in [4.78, 5) is 11.4. The number of aromatic nitrogens is 2. The van der Waals surface area contributed by atoms with Gasteiger partial charge < -0.3 is 9.09 Å². The SMILES string of the molecule is O=[N+]([O-])c1ccc2c(ccn2Cc2cc(-c3ccc(Cl)s3)on2)c1. The molecule has 3 heterocycles. The second-order valence-electron chi connectivity index (χ2n) is 5.23. The second-order valence-corrected chi connectivity index (χ2v) is 6.95. The predicted octanol–water partition coefficient (Wildman–Crippen LogP) is 4.97. The van der Waals surface area contributed by atoms with E-state index >= 15 is 0 Å². The Hall–Kier alpha value is -2.64. The third-order valence-corrected chi connectivity index (χ3v) is 4.92. The van der Waals surface area contributed by atoms with Gasteiger partial charge in [0.1, 0.15) is 5.69 Å². The summed E-state index contributed by atoms with van der Waals surface area (Å²) in [5.74, 6) is 0.675. The van der Waals surface area contributed by atoms with E-state index in [1.807, 2.05) is 35.0 Å². The van der Waals surface area contributed by atoms with Gasteiger partial charge in [0, 0.05) is 35.3 Å². The quantitative estimate of drug-likeness (QED) is 0.381. The zero-order valence-electron chi connectivity index (χ0n) is 12.2. The fraction of sp³-hybridized carbons (Fsp3) is 0.0625. The van der Waals surface area contributed by atoms with Crippen LogP contribution in [0.5, 0.6) is 0 Å². The van der Waals surface area contributed by atoms with Crippen molar-refractivity contribution < 1.29 is 9.45 Å². The summed E-state index contributed by atoms with van der Waals surface area (Å²) in [5.41, 5.74) is 1.76. The molecule has 120 valence electrons. The van der Waals surface area contributed by atoms with Crippen molar-refractivity contribution in [3.05, 3.63) is 68.8 Å². The van der Waals surface area contributed by atoms with Crippen LogP contribution in [0.25, 0.3) is 21.5 Å². The minimum Gasteiger partial charge on any atom is -0.355 e. The van der Waals surface area contributed by atoms with E-state index < -0.39 is 4.92 Å². The Morgan fingerprint density at radius 1 is 1.25 bits per heavy atom. The Balaban J connectivity index is 1.63. The number of benzene rings is 1. The van der Waals surface area contributed by atoms with Crippen LogP contribution in [-0.2, 0) is 6.54 Å². The molecule has 0 bridgehead atoms. The molecule has 0 spiro atoms. The Labute approximate surface area is 145 Å². The Bertz CT molecular complexity index is 1050. The molecule has 4 rings (SSSR count). The molecule has 0 saturated heterocycles. The smallest absolute Gasteiger partial charge is 0.270 e. The van der Waals surface area contributed by atoms with Crippen LogP contribution in [0.15, 0.2) is 53.2 Å². The molecule has 0 aliphatic rings. The number of nitrogens with zero attached hydrogens (tertiary/aromatic N) is 3. The summed E-state index contributed by atoms with van der Waals surface area (Å²) in [5, 5.41) is 15.8. The predicted molar refractivity (Wildman–Crippen MR) is 92.5 cm³/mol. The molecule has 0 N–H and O–H groups in total. The van der Waals surface area contributed by atoms with Gasteiger partial charge in [-0.05, 0) is 24.3 Å². The highest BCUT2D eigenvalue weighted by atomic mass is 35.5. The first kappa shape index (κ1) is 14.9. The van der Waals surface area contributed by atoms with E-state index in [-0.39, 0.29) is 5.69 Å². The van der Waals surface area contributed by atoms with Crippen molar-refractivity contribution in [3.8, 4) is 10.6 Å². The maximum atomic E-state index is 10.8. The average Bonchev–Trinajstić information content (AvgIpc) is 3.27. The average molecular weight is 360 g/mol. The number of non-ortho nitro benzene ring substituents is 1. The molecule has 8 heteroatoms. The second kappa shape index (κ2) is 5.77. The maximum Gasteiger partial charge on any atom is 0.270 e. The minimum atomic E-state index is -0.396. The number of halogens is 1. The molecule has 0 saturated carbocycles. The molecule has 0 aliphatic heterocycles. The molecule has 0 aliphatic carbocycles. The highest BCUT2D eigenvalue weighted by molar-refractivity contribution is 7.19. The summed E-state index contributed by atoms with van der Waals surface area (Å²) in [6.07, 6.45) is 1.88. The van der Waals surface area contributed by atoms with Crippen molar-refractivity contribution in [2.24, 2.45) is 0 Å². The van der Waals surface area contributed by atoms with Gasteiger partial charge in [-0.25, -0.2) is 0 Å². The third kappa shape index (κ3) is 2.68. The summed E-state index contributed by atoms with van der Waals surface area (Å²) < 4.78 is 8.04. The van der Waals surface area contributed by atoms with Gasteiger partial charge in [0.25, 0.3) is 5.69 Å². The van der Waals surface area contributed by atoms with Gasteiger partial charge in [0.2, 0.25) is 0 Å². The lowest BCUT2D eigenvalue weighted by atomic mass is 10.2. The number of hydrogen-bond donors (Lipinski definition) is 0. The molecule has 6 nitrogen and oxygen atoms in total. The molecule has 0 unspecified atom stereocenters. The maximum absolute atomic E-state index is 10.8. The van der Waals surface area contributed by atoms with Gasteiger partial charge in [-0.3, -0.25) is 10.1 Å². The highest BCUT2D eigenvalue weighted by Gasteiger charge is 2.12. The van der Waals surface area contributed by atoms with Crippen molar-refractivity contribution in [1.29, 1.82) is 0 Å². The minimum absolute atomic E-state index is 0.0820. The van der Waals surface area contributed by atoms with E-state index in [1.165, 1.54) is 17.4 Å². The molecule has 4 aromatic rings. The van der Waals surface area contributed by atoms with Crippen LogP contribution in [-0.4, -0.2) is 14.6 Å². The first-order valence-electron chi connectivity index (χ1n) is 7.05. The highest BCUT2D eigenvalue weighted by Crippen LogP contribution is 2.31. The van der Waals surface area contributed by atoms with E-state index in [4.69, 9.17) is 16.1 Å². The number of thiophene rings is 1. The van der Waals surface area contributed by atoms with Crippen LogP contribution in [0.2, 0.25) is 4.34 Å². The van der Waals surface area contributed by atoms with Crippen LogP contribution in [0, 0.1) is 10.1 Å². The molecule has 0 fully saturated rings. The Kier molecular flexibility index (Phi) is 3.59. The summed E-state index contributed by atoms with van der Waals surface area (Å²) in [6, 6.07) is 12.2. The zero-order valence-corrected chi connectivity index (χ0v) is 13.8. The van der Waals surface area contributed by atoms with Crippen molar-refractivity contribution in [3.63, 3.8) is 0 Å². The summed E-state index contributed by atoms with van der Waals surface area (Å²) >= 11 is 7.37. The van der Waals surface area contributed by atoms with E-state index in [2.05, 4.69) is 5.16 Å².